The molecule has 1 saturated heterocycles. The molecule has 0 bridgehead atoms. The van der Waals surface area contributed by atoms with Crippen LogP contribution in [0.5, 0.6) is 5.75 Å². The van der Waals surface area contributed by atoms with Crippen LogP contribution in [0.3, 0.4) is 0 Å². The number of para-hydroxylation sites is 1. The zero-order chi connectivity index (χ0) is 16.5. The molecule has 4 rings (SSSR count). The lowest BCUT2D eigenvalue weighted by molar-refractivity contribution is 0.419. The van der Waals surface area contributed by atoms with Crippen LogP contribution in [0.15, 0.2) is 30.7 Å². The van der Waals surface area contributed by atoms with E-state index in [0.717, 1.165) is 34.2 Å². The molecule has 1 aliphatic heterocycles. The Balaban J connectivity index is 1.53. The molecule has 0 saturated carbocycles. The first-order valence-corrected chi connectivity index (χ1v) is 8.47. The van der Waals surface area contributed by atoms with E-state index in [1.807, 2.05) is 23.1 Å². The molecule has 3 heterocycles. The summed E-state index contributed by atoms with van der Waals surface area (Å²) in [6, 6.07) is 5.94. The van der Waals surface area contributed by atoms with Crippen LogP contribution in [0, 0.1) is 5.82 Å². The SMILES string of the molecule is COc1cccc2sc(N3CCN(c4ncncc4F)CC3)nc12. The van der Waals surface area contributed by atoms with Crippen molar-refractivity contribution in [1.82, 2.24) is 15.0 Å². The minimum Gasteiger partial charge on any atom is -0.494 e. The molecule has 6 nitrogen and oxygen atoms in total. The van der Waals surface area contributed by atoms with E-state index in [2.05, 4.69) is 14.9 Å². The van der Waals surface area contributed by atoms with Crippen molar-refractivity contribution >= 4 is 32.5 Å². The highest BCUT2D eigenvalue weighted by atomic mass is 32.1. The molecular formula is C16H16FN5OS. The molecule has 1 aromatic carbocycles. The summed E-state index contributed by atoms with van der Waals surface area (Å²) >= 11 is 1.65. The van der Waals surface area contributed by atoms with Crippen molar-refractivity contribution in [2.24, 2.45) is 0 Å². The Labute approximate surface area is 142 Å². The van der Waals surface area contributed by atoms with Crippen LogP contribution in [0.1, 0.15) is 0 Å². The van der Waals surface area contributed by atoms with Gasteiger partial charge in [-0.25, -0.2) is 19.3 Å². The topological polar surface area (TPSA) is 54.4 Å². The second-order valence-electron chi connectivity index (χ2n) is 5.47. The van der Waals surface area contributed by atoms with Gasteiger partial charge in [-0.05, 0) is 12.1 Å². The third-order valence-electron chi connectivity index (χ3n) is 4.09. The van der Waals surface area contributed by atoms with Crippen LogP contribution in [0.4, 0.5) is 15.3 Å². The molecule has 3 aromatic rings. The van der Waals surface area contributed by atoms with Gasteiger partial charge in [0, 0.05) is 26.2 Å². The highest BCUT2D eigenvalue weighted by molar-refractivity contribution is 7.22. The fourth-order valence-corrected chi connectivity index (χ4v) is 3.89. The van der Waals surface area contributed by atoms with Crippen LogP contribution < -0.4 is 14.5 Å². The van der Waals surface area contributed by atoms with Gasteiger partial charge >= 0.3 is 0 Å². The lowest BCUT2D eigenvalue weighted by Crippen LogP contribution is -2.47. The predicted octanol–water partition coefficient (Wildman–Crippen LogP) is 2.56. The van der Waals surface area contributed by atoms with Gasteiger partial charge in [0.05, 0.1) is 18.0 Å². The normalized spacial score (nSPS) is 15.1. The molecule has 2 aromatic heterocycles. The van der Waals surface area contributed by atoms with Crippen molar-refractivity contribution in [1.29, 1.82) is 0 Å². The minimum atomic E-state index is -0.379. The highest BCUT2D eigenvalue weighted by Crippen LogP contribution is 2.34. The maximum absolute atomic E-state index is 13.8. The molecule has 124 valence electrons. The number of halogens is 1. The Kier molecular flexibility index (Phi) is 3.89. The van der Waals surface area contributed by atoms with E-state index in [0.29, 0.717) is 18.9 Å². The summed E-state index contributed by atoms with van der Waals surface area (Å²) in [6.07, 6.45) is 2.58. The van der Waals surface area contributed by atoms with Gasteiger partial charge in [-0.15, -0.1) is 0 Å². The van der Waals surface area contributed by atoms with Crippen molar-refractivity contribution in [3.05, 3.63) is 36.5 Å². The Bertz CT molecular complexity index is 863. The van der Waals surface area contributed by atoms with E-state index in [4.69, 9.17) is 9.72 Å². The van der Waals surface area contributed by atoms with E-state index >= 15 is 0 Å². The first-order chi connectivity index (χ1) is 11.8. The molecule has 0 aliphatic carbocycles. The fourth-order valence-electron chi connectivity index (χ4n) is 2.86. The highest BCUT2D eigenvalue weighted by Gasteiger charge is 2.23. The van der Waals surface area contributed by atoms with Crippen molar-refractivity contribution < 1.29 is 9.13 Å². The predicted molar refractivity (Wildman–Crippen MR) is 92.6 cm³/mol. The van der Waals surface area contributed by atoms with E-state index in [1.165, 1.54) is 12.5 Å². The summed E-state index contributed by atoms with van der Waals surface area (Å²) in [5.41, 5.74) is 0.893. The summed E-state index contributed by atoms with van der Waals surface area (Å²) < 4.78 is 20.3. The number of thiazole rings is 1. The number of aromatic nitrogens is 3. The average Bonchev–Trinajstić information content (AvgIpc) is 3.06. The molecule has 0 spiro atoms. The van der Waals surface area contributed by atoms with Gasteiger partial charge in [0.1, 0.15) is 17.6 Å². The van der Waals surface area contributed by atoms with Gasteiger partial charge in [-0.2, -0.15) is 0 Å². The minimum absolute atomic E-state index is 0.371. The maximum Gasteiger partial charge on any atom is 0.186 e. The number of hydrogen-bond acceptors (Lipinski definition) is 7. The second kappa shape index (κ2) is 6.20. The molecule has 1 aliphatic rings. The maximum atomic E-state index is 13.8. The van der Waals surface area contributed by atoms with E-state index < -0.39 is 0 Å². The zero-order valence-corrected chi connectivity index (χ0v) is 14.0. The van der Waals surface area contributed by atoms with Crippen LogP contribution in [-0.2, 0) is 0 Å². The van der Waals surface area contributed by atoms with Gasteiger partial charge in [-0.1, -0.05) is 17.4 Å². The fraction of sp³-hybridized carbons (Fsp3) is 0.312. The van der Waals surface area contributed by atoms with Gasteiger partial charge in [0.2, 0.25) is 0 Å². The molecule has 0 amide bonds. The Hall–Kier alpha value is -2.48. The second-order valence-corrected chi connectivity index (χ2v) is 6.48. The average molecular weight is 345 g/mol. The van der Waals surface area contributed by atoms with Crippen molar-refractivity contribution in [2.45, 2.75) is 0 Å². The van der Waals surface area contributed by atoms with Gasteiger partial charge < -0.3 is 14.5 Å². The largest absolute Gasteiger partial charge is 0.494 e. The van der Waals surface area contributed by atoms with E-state index in [9.17, 15) is 4.39 Å². The molecule has 0 radical (unpaired) electrons. The number of hydrogen-bond donors (Lipinski definition) is 0. The van der Waals surface area contributed by atoms with Crippen molar-refractivity contribution in [3.8, 4) is 5.75 Å². The first-order valence-electron chi connectivity index (χ1n) is 7.65. The molecule has 1 fully saturated rings. The van der Waals surface area contributed by atoms with E-state index in [1.54, 1.807) is 18.4 Å². The summed E-state index contributed by atoms with van der Waals surface area (Å²) in [7, 11) is 1.66. The standard InChI is InChI=1S/C16H16FN5OS/c1-23-12-3-2-4-13-14(12)20-16(24-13)22-7-5-21(6-8-22)15-11(17)9-18-10-19-15/h2-4,9-10H,5-8H2,1H3. The third kappa shape index (κ3) is 2.62. The quantitative estimate of drug-likeness (QED) is 0.727. The van der Waals surface area contributed by atoms with Crippen molar-refractivity contribution in [3.63, 3.8) is 0 Å². The smallest absolute Gasteiger partial charge is 0.186 e. The molecule has 0 atom stereocenters. The number of benzene rings is 1. The number of nitrogens with zero attached hydrogens (tertiary/aromatic N) is 5. The van der Waals surface area contributed by atoms with Gasteiger partial charge in [0.15, 0.2) is 16.8 Å². The number of fused-ring (bicyclic) bond motifs is 1. The van der Waals surface area contributed by atoms with Gasteiger partial charge in [0.25, 0.3) is 0 Å². The zero-order valence-electron chi connectivity index (χ0n) is 13.1. The molecular weight excluding hydrogens is 329 g/mol. The summed E-state index contributed by atoms with van der Waals surface area (Å²) in [4.78, 5) is 16.6. The molecule has 0 unspecified atom stereocenters. The Morgan fingerprint density at radius 1 is 1.17 bits per heavy atom. The Morgan fingerprint density at radius 3 is 2.71 bits per heavy atom. The van der Waals surface area contributed by atoms with Gasteiger partial charge in [-0.3, -0.25) is 0 Å². The number of methoxy groups -OCH3 is 1. The number of rotatable bonds is 3. The Morgan fingerprint density at radius 2 is 1.96 bits per heavy atom. The number of piperazine rings is 1. The molecule has 24 heavy (non-hydrogen) atoms. The third-order valence-corrected chi connectivity index (χ3v) is 5.17. The van der Waals surface area contributed by atoms with Crippen LogP contribution in [-0.4, -0.2) is 48.2 Å². The summed E-state index contributed by atoms with van der Waals surface area (Å²) in [6.45, 7) is 2.93. The number of anilines is 2. The molecule has 8 heteroatoms. The first kappa shape index (κ1) is 15.1. The lowest BCUT2D eigenvalue weighted by atomic mass is 10.3. The van der Waals surface area contributed by atoms with E-state index in [-0.39, 0.29) is 5.82 Å². The van der Waals surface area contributed by atoms with Crippen molar-refractivity contribution in [2.75, 3.05) is 43.1 Å². The summed E-state index contributed by atoms with van der Waals surface area (Å²) in [5, 5.41) is 0.970. The van der Waals surface area contributed by atoms with Crippen LogP contribution in [0.25, 0.3) is 10.2 Å². The lowest BCUT2D eigenvalue weighted by Gasteiger charge is -2.35. The molecule has 0 N–H and O–H groups in total. The van der Waals surface area contributed by atoms with Crippen LogP contribution >= 0.6 is 11.3 Å². The monoisotopic (exact) mass is 345 g/mol. The summed E-state index contributed by atoms with van der Waals surface area (Å²) in [5.74, 6) is 0.781. The number of ether oxygens (including phenoxy) is 1. The van der Waals surface area contributed by atoms with Crippen LogP contribution in [0.2, 0.25) is 0 Å².